The third-order valence-electron chi connectivity index (χ3n) is 4.28. The van der Waals surface area contributed by atoms with Gasteiger partial charge in [-0.25, -0.2) is 4.98 Å². The van der Waals surface area contributed by atoms with Crippen LogP contribution in [0, 0.1) is 6.92 Å². The summed E-state index contributed by atoms with van der Waals surface area (Å²) < 4.78 is 16.6. The molecule has 1 amide bonds. The van der Waals surface area contributed by atoms with E-state index in [0.29, 0.717) is 22.3 Å². The van der Waals surface area contributed by atoms with Gasteiger partial charge in [-0.05, 0) is 48.9 Å². The van der Waals surface area contributed by atoms with Crippen LogP contribution in [0.3, 0.4) is 0 Å². The Morgan fingerprint density at radius 2 is 1.91 bits per heavy atom. The summed E-state index contributed by atoms with van der Waals surface area (Å²) in [6.07, 6.45) is 0. The van der Waals surface area contributed by atoms with Crippen LogP contribution in [0.1, 0.15) is 5.56 Å². The van der Waals surface area contributed by atoms with Gasteiger partial charge in [0.1, 0.15) is 0 Å². The Morgan fingerprint density at radius 1 is 1.12 bits per heavy atom. The molecule has 0 bridgehead atoms. The largest absolute Gasteiger partial charge is 0.493 e. The van der Waals surface area contributed by atoms with Gasteiger partial charge in [-0.15, -0.1) is 23.1 Å². The summed E-state index contributed by atoms with van der Waals surface area (Å²) in [6.45, 7) is 1.60. The molecule has 1 heterocycles. The van der Waals surface area contributed by atoms with Crippen LogP contribution in [-0.2, 0) is 14.3 Å². The van der Waals surface area contributed by atoms with E-state index in [1.807, 2.05) is 42.6 Å². The number of anilines is 1. The van der Waals surface area contributed by atoms with Gasteiger partial charge >= 0.3 is 5.97 Å². The number of rotatable bonds is 9. The molecule has 0 spiro atoms. The Balaban J connectivity index is 1.49. The van der Waals surface area contributed by atoms with Gasteiger partial charge in [0.15, 0.2) is 23.2 Å². The highest BCUT2D eigenvalue weighted by Crippen LogP contribution is 2.33. The lowest BCUT2D eigenvalue weighted by atomic mass is 10.1. The average Bonchev–Trinajstić information content (AvgIpc) is 3.25. The smallest absolute Gasteiger partial charge is 0.316 e. The van der Waals surface area contributed by atoms with Gasteiger partial charge in [0, 0.05) is 20.3 Å². The summed E-state index contributed by atoms with van der Waals surface area (Å²) in [5, 5.41) is 4.88. The van der Waals surface area contributed by atoms with E-state index < -0.39 is 11.9 Å². The van der Waals surface area contributed by atoms with Crippen LogP contribution in [0.2, 0.25) is 0 Å². The van der Waals surface area contributed by atoms with Crippen molar-refractivity contribution in [2.75, 3.05) is 31.9 Å². The minimum absolute atomic E-state index is 0.121. The monoisotopic (exact) mass is 536 g/mol. The zero-order valence-corrected chi connectivity index (χ0v) is 20.9. The summed E-state index contributed by atoms with van der Waals surface area (Å²) in [4.78, 5) is 29.5. The van der Waals surface area contributed by atoms with Crippen molar-refractivity contribution in [3.05, 3.63) is 51.8 Å². The standard InChI is InChI=1S/C22H21BrN2O5S2/c1-13-8-15(23)5-7-19(13)31-12-21(27)30-10-20(26)25-22-24-16(11-32-22)14-4-6-17(28-2)18(9-14)29-3/h4-9,11H,10,12H2,1-3H3,(H,24,25,26). The van der Waals surface area contributed by atoms with Crippen LogP contribution in [0.5, 0.6) is 11.5 Å². The number of nitrogens with zero attached hydrogens (tertiary/aromatic N) is 1. The molecule has 0 saturated carbocycles. The molecule has 3 rings (SSSR count). The molecule has 0 fully saturated rings. The number of methoxy groups -OCH3 is 2. The maximum atomic E-state index is 12.1. The molecule has 3 aromatic rings. The van der Waals surface area contributed by atoms with Crippen molar-refractivity contribution >= 4 is 56.0 Å². The quantitative estimate of drug-likeness (QED) is 0.298. The second-order valence-corrected chi connectivity index (χ2v) is 9.31. The Kier molecular flexibility index (Phi) is 8.54. The molecule has 0 unspecified atom stereocenters. The summed E-state index contributed by atoms with van der Waals surface area (Å²) >= 11 is 6.06. The lowest BCUT2D eigenvalue weighted by Gasteiger charge is -2.08. The number of aryl methyl sites for hydroxylation is 1. The lowest BCUT2D eigenvalue weighted by molar-refractivity contribution is -0.144. The summed E-state index contributed by atoms with van der Waals surface area (Å²) in [7, 11) is 3.13. The number of esters is 1. The van der Waals surface area contributed by atoms with Gasteiger partial charge in [-0.2, -0.15) is 0 Å². The number of carbonyl (C=O) groups is 2. The van der Waals surface area contributed by atoms with E-state index in [4.69, 9.17) is 14.2 Å². The van der Waals surface area contributed by atoms with Crippen LogP contribution >= 0.6 is 39.0 Å². The summed E-state index contributed by atoms with van der Waals surface area (Å²) in [5.74, 6) is 0.423. The molecule has 2 aromatic carbocycles. The van der Waals surface area contributed by atoms with Crippen LogP contribution < -0.4 is 14.8 Å². The first-order chi connectivity index (χ1) is 15.4. The first kappa shape index (κ1) is 24.1. The minimum Gasteiger partial charge on any atom is -0.493 e. The highest BCUT2D eigenvalue weighted by Gasteiger charge is 2.13. The molecular weight excluding hydrogens is 516 g/mol. The fourth-order valence-corrected chi connectivity index (χ4v) is 4.73. The molecule has 168 valence electrons. The molecule has 1 aromatic heterocycles. The minimum atomic E-state index is -0.461. The SMILES string of the molecule is COc1ccc(-c2csc(NC(=O)COC(=O)CSc3ccc(Br)cc3C)n2)cc1OC. The van der Waals surface area contributed by atoms with Crippen molar-refractivity contribution in [2.24, 2.45) is 0 Å². The van der Waals surface area contributed by atoms with Crippen molar-refractivity contribution in [1.82, 2.24) is 4.98 Å². The van der Waals surface area contributed by atoms with E-state index in [1.165, 1.54) is 23.1 Å². The Morgan fingerprint density at radius 3 is 2.62 bits per heavy atom. The van der Waals surface area contributed by atoms with Gasteiger partial charge in [0.25, 0.3) is 5.91 Å². The normalized spacial score (nSPS) is 10.5. The van der Waals surface area contributed by atoms with Crippen molar-refractivity contribution in [3.63, 3.8) is 0 Å². The number of aromatic nitrogens is 1. The third-order valence-corrected chi connectivity index (χ3v) is 6.68. The molecule has 0 aliphatic heterocycles. The Hall–Kier alpha value is -2.56. The first-order valence-corrected chi connectivity index (χ1v) is 12.1. The van der Waals surface area contributed by atoms with Gasteiger partial charge in [-0.3, -0.25) is 14.9 Å². The van der Waals surface area contributed by atoms with E-state index in [0.717, 1.165) is 20.5 Å². The van der Waals surface area contributed by atoms with E-state index >= 15 is 0 Å². The van der Waals surface area contributed by atoms with Crippen LogP contribution in [0.25, 0.3) is 11.3 Å². The molecule has 7 nitrogen and oxygen atoms in total. The van der Waals surface area contributed by atoms with Crippen molar-refractivity contribution in [2.45, 2.75) is 11.8 Å². The van der Waals surface area contributed by atoms with Crippen LogP contribution in [0.4, 0.5) is 5.13 Å². The van der Waals surface area contributed by atoms with E-state index in [9.17, 15) is 9.59 Å². The number of ether oxygens (including phenoxy) is 3. The number of hydrogen-bond acceptors (Lipinski definition) is 8. The predicted molar refractivity (Wildman–Crippen MR) is 130 cm³/mol. The van der Waals surface area contributed by atoms with Gasteiger partial charge < -0.3 is 14.2 Å². The predicted octanol–water partition coefficient (Wildman–Crippen LogP) is 5.17. The summed E-state index contributed by atoms with van der Waals surface area (Å²) in [6, 6.07) is 11.3. The highest BCUT2D eigenvalue weighted by molar-refractivity contribution is 9.10. The number of halogens is 1. The topological polar surface area (TPSA) is 86.8 Å². The molecule has 0 saturated heterocycles. The number of carbonyl (C=O) groups excluding carboxylic acids is 2. The highest BCUT2D eigenvalue weighted by atomic mass is 79.9. The maximum Gasteiger partial charge on any atom is 0.316 e. The van der Waals surface area contributed by atoms with Crippen molar-refractivity contribution in [1.29, 1.82) is 0 Å². The molecule has 32 heavy (non-hydrogen) atoms. The molecule has 10 heteroatoms. The number of hydrogen-bond donors (Lipinski definition) is 1. The molecule has 0 aliphatic rings. The number of benzene rings is 2. The van der Waals surface area contributed by atoms with Crippen molar-refractivity contribution in [3.8, 4) is 22.8 Å². The molecule has 0 aliphatic carbocycles. The molecular formula is C22H21BrN2O5S2. The van der Waals surface area contributed by atoms with Gasteiger partial charge in [-0.1, -0.05) is 15.9 Å². The van der Waals surface area contributed by atoms with E-state index in [-0.39, 0.29) is 12.4 Å². The Labute approximate surface area is 202 Å². The fourth-order valence-electron chi connectivity index (χ4n) is 2.71. The van der Waals surface area contributed by atoms with Crippen molar-refractivity contribution < 1.29 is 23.8 Å². The van der Waals surface area contributed by atoms with E-state index in [2.05, 4.69) is 26.2 Å². The first-order valence-electron chi connectivity index (χ1n) is 9.42. The van der Waals surface area contributed by atoms with E-state index in [1.54, 1.807) is 20.3 Å². The lowest BCUT2D eigenvalue weighted by Crippen LogP contribution is -2.21. The van der Waals surface area contributed by atoms with Crippen LogP contribution in [0.15, 0.2) is 51.1 Å². The molecule has 0 atom stereocenters. The van der Waals surface area contributed by atoms with Gasteiger partial charge in [0.05, 0.1) is 25.7 Å². The average molecular weight is 537 g/mol. The third kappa shape index (κ3) is 6.47. The van der Waals surface area contributed by atoms with Crippen LogP contribution in [-0.4, -0.2) is 43.4 Å². The number of thiazole rings is 1. The molecule has 1 N–H and O–H groups in total. The number of amides is 1. The number of nitrogens with one attached hydrogen (secondary N) is 1. The Bertz CT molecular complexity index is 1120. The fraction of sp³-hybridized carbons (Fsp3) is 0.227. The zero-order valence-electron chi connectivity index (χ0n) is 17.6. The van der Waals surface area contributed by atoms with Gasteiger partial charge in [0.2, 0.25) is 0 Å². The summed E-state index contributed by atoms with van der Waals surface area (Å²) in [5.41, 5.74) is 2.57. The second kappa shape index (κ2) is 11.3. The maximum absolute atomic E-state index is 12.1. The zero-order chi connectivity index (χ0) is 23.1. The molecule has 0 radical (unpaired) electrons. The second-order valence-electron chi connectivity index (χ2n) is 6.52. The number of thioether (sulfide) groups is 1.